The summed E-state index contributed by atoms with van der Waals surface area (Å²) < 4.78 is 4.88. The molecule has 1 saturated carbocycles. The van der Waals surface area contributed by atoms with Crippen molar-refractivity contribution in [3.63, 3.8) is 0 Å². The van der Waals surface area contributed by atoms with Crippen LogP contribution in [-0.2, 0) is 9.53 Å². The van der Waals surface area contributed by atoms with Crippen molar-refractivity contribution >= 4 is 5.97 Å². The van der Waals surface area contributed by atoms with Crippen LogP contribution in [0, 0.1) is 5.92 Å². The number of nitrogens with two attached hydrogens (primary N) is 1. The van der Waals surface area contributed by atoms with Gasteiger partial charge in [0.1, 0.15) is 6.04 Å². The zero-order valence-electron chi connectivity index (χ0n) is 9.71. The van der Waals surface area contributed by atoms with Crippen LogP contribution in [0.2, 0.25) is 0 Å². The van der Waals surface area contributed by atoms with Gasteiger partial charge in [-0.1, -0.05) is 32.1 Å². The van der Waals surface area contributed by atoms with Gasteiger partial charge in [0.25, 0.3) is 0 Å². The van der Waals surface area contributed by atoms with Gasteiger partial charge in [-0.25, -0.2) is 0 Å². The first-order valence-corrected chi connectivity index (χ1v) is 6.16. The number of hydrogen-bond acceptors (Lipinski definition) is 3. The third-order valence-corrected chi connectivity index (χ3v) is 3.20. The zero-order chi connectivity index (χ0) is 11.1. The maximum absolute atomic E-state index is 11.3. The van der Waals surface area contributed by atoms with Crippen LogP contribution in [0.3, 0.4) is 0 Å². The summed E-state index contributed by atoms with van der Waals surface area (Å²) in [6.07, 6.45) is 8.56. The van der Waals surface area contributed by atoms with Crippen molar-refractivity contribution in [1.29, 1.82) is 0 Å². The maximum atomic E-state index is 11.3. The van der Waals surface area contributed by atoms with E-state index >= 15 is 0 Å². The van der Waals surface area contributed by atoms with E-state index in [2.05, 4.69) is 0 Å². The topological polar surface area (TPSA) is 52.3 Å². The van der Waals surface area contributed by atoms with Crippen LogP contribution in [0.5, 0.6) is 0 Å². The Labute approximate surface area is 92.4 Å². The molecular formula is C12H23NO2. The summed E-state index contributed by atoms with van der Waals surface area (Å²) in [6, 6.07) is -0.410. The number of carbonyl (C=O) groups is 1. The van der Waals surface area contributed by atoms with Crippen molar-refractivity contribution in [3.8, 4) is 0 Å². The van der Waals surface area contributed by atoms with Gasteiger partial charge in [-0.2, -0.15) is 0 Å². The predicted octanol–water partition coefficient (Wildman–Crippen LogP) is 2.24. The Morgan fingerprint density at radius 3 is 2.67 bits per heavy atom. The van der Waals surface area contributed by atoms with Gasteiger partial charge in [-0.05, 0) is 25.7 Å². The summed E-state index contributed by atoms with van der Waals surface area (Å²) in [5.74, 6) is 0.549. The minimum absolute atomic E-state index is 0.242. The van der Waals surface area contributed by atoms with Gasteiger partial charge in [-0.3, -0.25) is 4.79 Å². The van der Waals surface area contributed by atoms with Gasteiger partial charge in [0.2, 0.25) is 0 Å². The molecule has 3 heteroatoms. The maximum Gasteiger partial charge on any atom is 0.322 e. The highest BCUT2D eigenvalue weighted by Crippen LogP contribution is 2.27. The van der Waals surface area contributed by atoms with E-state index in [0.717, 1.165) is 18.8 Å². The third kappa shape index (κ3) is 4.65. The second kappa shape index (κ2) is 6.83. The quantitative estimate of drug-likeness (QED) is 0.712. The Hall–Kier alpha value is -0.570. The van der Waals surface area contributed by atoms with Crippen molar-refractivity contribution in [2.24, 2.45) is 11.7 Å². The van der Waals surface area contributed by atoms with Crippen LogP contribution < -0.4 is 5.73 Å². The average molecular weight is 213 g/mol. The molecule has 0 bridgehead atoms. The second-order valence-corrected chi connectivity index (χ2v) is 4.44. The fourth-order valence-electron chi connectivity index (χ4n) is 2.26. The lowest BCUT2D eigenvalue weighted by atomic mass is 9.85. The summed E-state index contributed by atoms with van der Waals surface area (Å²) in [4.78, 5) is 11.3. The van der Waals surface area contributed by atoms with E-state index in [9.17, 15) is 4.79 Å². The first-order valence-electron chi connectivity index (χ1n) is 6.16. The fraction of sp³-hybridized carbons (Fsp3) is 0.917. The molecule has 1 aliphatic carbocycles. The molecule has 1 fully saturated rings. The van der Waals surface area contributed by atoms with Crippen molar-refractivity contribution in [3.05, 3.63) is 0 Å². The second-order valence-electron chi connectivity index (χ2n) is 4.44. The molecule has 0 amide bonds. The van der Waals surface area contributed by atoms with E-state index in [1.807, 2.05) is 6.92 Å². The highest BCUT2D eigenvalue weighted by atomic mass is 16.5. The van der Waals surface area contributed by atoms with Gasteiger partial charge in [0.15, 0.2) is 0 Å². The van der Waals surface area contributed by atoms with Crippen LogP contribution in [0.4, 0.5) is 0 Å². The van der Waals surface area contributed by atoms with E-state index < -0.39 is 6.04 Å². The van der Waals surface area contributed by atoms with Gasteiger partial charge >= 0.3 is 5.97 Å². The molecule has 0 aromatic carbocycles. The molecule has 0 radical (unpaired) electrons. The summed E-state index contributed by atoms with van der Waals surface area (Å²) in [6.45, 7) is 2.24. The highest BCUT2D eigenvalue weighted by Gasteiger charge is 2.18. The first kappa shape index (κ1) is 12.5. The van der Waals surface area contributed by atoms with Crippen LogP contribution in [0.25, 0.3) is 0 Å². The highest BCUT2D eigenvalue weighted by molar-refractivity contribution is 5.75. The van der Waals surface area contributed by atoms with Crippen molar-refractivity contribution in [1.82, 2.24) is 0 Å². The molecule has 1 aliphatic rings. The van der Waals surface area contributed by atoms with Crippen molar-refractivity contribution in [2.45, 2.75) is 57.9 Å². The van der Waals surface area contributed by atoms with Crippen LogP contribution in [-0.4, -0.2) is 18.6 Å². The number of carbonyl (C=O) groups excluding carboxylic acids is 1. The molecular weight excluding hydrogens is 190 g/mol. The fourth-order valence-corrected chi connectivity index (χ4v) is 2.26. The molecule has 15 heavy (non-hydrogen) atoms. The Bertz CT molecular complexity index is 188. The SMILES string of the molecule is CCOC(=O)[C@H](N)CCC1CCCCC1. The lowest BCUT2D eigenvalue weighted by molar-refractivity contribution is -0.144. The summed E-state index contributed by atoms with van der Waals surface area (Å²) in [5.41, 5.74) is 5.75. The summed E-state index contributed by atoms with van der Waals surface area (Å²) in [7, 11) is 0. The van der Waals surface area contributed by atoms with Crippen LogP contribution in [0.1, 0.15) is 51.9 Å². The molecule has 1 atom stereocenters. The molecule has 1 rings (SSSR count). The zero-order valence-corrected chi connectivity index (χ0v) is 9.71. The Kier molecular flexibility index (Phi) is 5.69. The summed E-state index contributed by atoms with van der Waals surface area (Å²) in [5, 5.41) is 0. The molecule has 3 nitrogen and oxygen atoms in total. The molecule has 0 unspecified atom stereocenters. The largest absolute Gasteiger partial charge is 0.465 e. The summed E-state index contributed by atoms with van der Waals surface area (Å²) >= 11 is 0. The Morgan fingerprint density at radius 1 is 1.40 bits per heavy atom. The molecule has 0 aromatic heterocycles. The van der Waals surface area contributed by atoms with Gasteiger partial charge in [-0.15, -0.1) is 0 Å². The van der Waals surface area contributed by atoms with Crippen molar-refractivity contribution in [2.75, 3.05) is 6.61 Å². The van der Waals surface area contributed by atoms with Crippen molar-refractivity contribution < 1.29 is 9.53 Å². The number of ether oxygens (including phenoxy) is 1. The molecule has 0 aromatic rings. The van der Waals surface area contributed by atoms with E-state index in [1.54, 1.807) is 0 Å². The monoisotopic (exact) mass is 213 g/mol. The van der Waals surface area contributed by atoms with Gasteiger partial charge in [0.05, 0.1) is 6.61 Å². The van der Waals surface area contributed by atoms with Crippen LogP contribution in [0.15, 0.2) is 0 Å². The normalized spacial score (nSPS) is 19.9. The molecule has 0 spiro atoms. The van der Waals surface area contributed by atoms with Crippen LogP contribution >= 0.6 is 0 Å². The predicted molar refractivity (Wildman–Crippen MR) is 60.4 cm³/mol. The number of esters is 1. The molecule has 0 saturated heterocycles. The molecule has 88 valence electrons. The molecule has 2 N–H and O–H groups in total. The Morgan fingerprint density at radius 2 is 2.07 bits per heavy atom. The minimum atomic E-state index is -0.410. The van der Waals surface area contributed by atoms with Gasteiger partial charge < -0.3 is 10.5 Å². The minimum Gasteiger partial charge on any atom is -0.465 e. The average Bonchev–Trinajstić information content (AvgIpc) is 2.27. The molecule has 0 heterocycles. The first-order chi connectivity index (χ1) is 7.24. The third-order valence-electron chi connectivity index (χ3n) is 3.20. The standard InChI is InChI=1S/C12H23NO2/c1-2-15-12(14)11(13)9-8-10-6-4-3-5-7-10/h10-11H,2-9,13H2,1H3/t11-/m1/s1. The Balaban J connectivity index is 2.14. The van der Waals surface area contributed by atoms with Gasteiger partial charge in [0, 0.05) is 0 Å². The molecule has 0 aliphatic heterocycles. The number of rotatable bonds is 5. The van der Waals surface area contributed by atoms with E-state index in [0.29, 0.717) is 6.61 Å². The number of hydrogen-bond donors (Lipinski definition) is 1. The lowest BCUT2D eigenvalue weighted by Crippen LogP contribution is -2.32. The van der Waals surface area contributed by atoms with E-state index in [1.165, 1.54) is 32.1 Å². The van der Waals surface area contributed by atoms with E-state index in [-0.39, 0.29) is 5.97 Å². The van der Waals surface area contributed by atoms with E-state index in [4.69, 9.17) is 10.5 Å². The smallest absolute Gasteiger partial charge is 0.322 e. The lowest BCUT2D eigenvalue weighted by Gasteiger charge is -2.22.